The van der Waals surface area contributed by atoms with Gasteiger partial charge in [-0.1, -0.05) is 36.2 Å². The van der Waals surface area contributed by atoms with Crippen molar-refractivity contribution in [3.63, 3.8) is 0 Å². The summed E-state index contributed by atoms with van der Waals surface area (Å²) in [7, 11) is -1.07. The number of methoxy groups -OCH3 is 2. The Morgan fingerprint density at radius 2 is 1.78 bits per heavy atom. The third-order valence-corrected chi connectivity index (χ3v) is 7.12. The maximum absolute atomic E-state index is 13.6. The van der Waals surface area contributed by atoms with Gasteiger partial charge in [0.05, 0.1) is 26.2 Å². The second kappa shape index (κ2) is 13.0. The van der Waals surface area contributed by atoms with Crippen LogP contribution >= 0.6 is 23.2 Å². The molecule has 0 saturated heterocycles. The molecule has 0 aromatic heterocycles. The number of hydrogen-bond acceptors (Lipinski definition) is 6. The molecule has 0 spiro atoms. The van der Waals surface area contributed by atoms with Crippen molar-refractivity contribution >= 4 is 50.7 Å². The fraction of sp³-hybridized carbons (Fsp3) is 0.417. The molecule has 36 heavy (non-hydrogen) atoms. The summed E-state index contributed by atoms with van der Waals surface area (Å²) in [4.78, 5) is 27.7. The summed E-state index contributed by atoms with van der Waals surface area (Å²) in [5, 5.41) is 3.51. The first-order valence-electron chi connectivity index (χ1n) is 11.1. The van der Waals surface area contributed by atoms with Crippen LogP contribution in [0, 0.1) is 0 Å². The summed E-state index contributed by atoms with van der Waals surface area (Å²) < 4.78 is 37.0. The number of benzene rings is 2. The van der Waals surface area contributed by atoms with E-state index in [2.05, 4.69) is 5.32 Å². The highest BCUT2D eigenvalue weighted by Gasteiger charge is 2.31. The number of carbonyl (C=O) groups excluding carboxylic acids is 2. The number of hydrogen-bond donors (Lipinski definition) is 1. The summed E-state index contributed by atoms with van der Waals surface area (Å²) in [6, 6.07) is 8.48. The number of ether oxygens (including phenoxy) is 2. The van der Waals surface area contributed by atoms with E-state index in [1.807, 2.05) is 6.92 Å². The number of amides is 2. The maximum Gasteiger partial charge on any atom is 0.244 e. The van der Waals surface area contributed by atoms with Crippen LogP contribution in [-0.4, -0.2) is 64.7 Å². The van der Waals surface area contributed by atoms with Crippen LogP contribution in [0.5, 0.6) is 11.5 Å². The molecule has 2 rings (SSSR count). The zero-order valence-electron chi connectivity index (χ0n) is 20.9. The molecule has 0 radical (unpaired) electrons. The van der Waals surface area contributed by atoms with Crippen molar-refractivity contribution in [3.8, 4) is 11.5 Å². The van der Waals surface area contributed by atoms with Crippen molar-refractivity contribution in [2.45, 2.75) is 32.9 Å². The molecular formula is C24H31Cl2N3O6S. The van der Waals surface area contributed by atoms with Gasteiger partial charge in [0.2, 0.25) is 21.8 Å². The molecule has 0 aliphatic heterocycles. The Labute approximate surface area is 222 Å². The Kier molecular flexibility index (Phi) is 10.7. The van der Waals surface area contributed by atoms with Crippen LogP contribution in [0.15, 0.2) is 36.4 Å². The molecule has 198 valence electrons. The van der Waals surface area contributed by atoms with Crippen LogP contribution in [0.2, 0.25) is 10.0 Å². The van der Waals surface area contributed by atoms with Gasteiger partial charge in [-0.3, -0.25) is 13.9 Å². The van der Waals surface area contributed by atoms with Crippen LogP contribution in [0.1, 0.15) is 25.8 Å². The number of nitrogens with one attached hydrogen (secondary N) is 1. The molecule has 1 atom stereocenters. The van der Waals surface area contributed by atoms with Gasteiger partial charge < -0.3 is 19.7 Å². The first-order valence-corrected chi connectivity index (χ1v) is 13.7. The van der Waals surface area contributed by atoms with Crippen molar-refractivity contribution in [1.82, 2.24) is 10.2 Å². The second-order valence-electron chi connectivity index (χ2n) is 8.03. The number of halogens is 2. The predicted octanol–water partition coefficient (Wildman–Crippen LogP) is 3.72. The highest BCUT2D eigenvalue weighted by Crippen LogP contribution is 2.34. The molecule has 0 aliphatic rings. The van der Waals surface area contributed by atoms with Crippen LogP contribution in [0.25, 0.3) is 0 Å². The quantitative estimate of drug-likeness (QED) is 0.425. The maximum atomic E-state index is 13.6. The molecular weight excluding hydrogens is 529 g/mol. The van der Waals surface area contributed by atoms with E-state index in [4.69, 9.17) is 32.7 Å². The molecule has 12 heteroatoms. The van der Waals surface area contributed by atoms with E-state index in [0.717, 1.165) is 10.6 Å². The van der Waals surface area contributed by atoms with E-state index < -0.39 is 28.5 Å². The molecule has 2 aromatic carbocycles. The molecule has 0 aliphatic carbocycles. The molecule has 1 unspecified atom stereocenters. The Bertz CT molecular complexity index is 1190. The molecule has 0 heterocycles. The number of nitrogens with zero attached hydrogens (tertiary/aromatic N) is 2. The predicted molar refractivity (Wildman–Crippen MR) is 142 cm³/mol. The lowest BCUT2D eigenvalue weighted by Crippen LogP contribution is -2.51. The third-order valence-electron chi connectivity index (χ3n) is 5.41. The van der Waals surface area contributed by atoms with Gasteiger partial charge in [-0.15, -0.1) is 0 Å². The fourth-order valence-corrected chi connectivity index (χ4v) is 4.72. The molecule has 0 bridgehead atoms. The largest absolute Gasteiger partial charge is 0.497 e. The lowest BCUT2D eigenvalue weighted by atomic mass is 10.1. The summed E-state index contributed by atoms with van der Waals surface area (Å²) in [6.07, 6.45) is 1.70. The van der Waals surface area contributed by atoms with Crippen LogP contribution in [0.4, 0.5) is 5.69 Å². The monoisotopic (exact) mass is 559 g/mol. The third kappa shape index (κ3) is 7.65. The molecule has 9 nitrogen and oxygen atoms in total. The van der Waals surface area contributed by atoms with Gasteiger partial charge in [-0.25, -0.2) is 8.42 Å². The van der Waals surface area contributed by atoms with Gasteiger partial charge >= 0.3 is 0 Å². The van der Waals surface area contributed by atoms with Crippen molar-refractivity contribution < 1.29 is 27.5 Å². The van der Waals surface area contributed by atoms with Gasteiger partial charge in [0.15, 0.2) is 0 Å². The summed E-state index contributed by atoms with van der Waals surface area (Å²) >= 11 is 12.3. The molecule has 2 aromatic rings. The number of sulfonamides is 1. The molecule has 1 N–H and O–H groups in total. The minimum absolute atomic E-state index is 0.0348. The average Bonchev–Trinajstić information content (AvgIpc) is 2.83. The number of rotatable bonds is 12. The Morgan fingerprint density at radius 3 is 2.33 bits per heavy atom. The first-order chi connectivity index (χ1) is 16.9. The normalized spacial score (nSPS) is 12.0. The SMILES string of the molecule is CCCNC(=O)C(C)N(Cc1ccc(Cl)cc1Cl)C(=O)CN(c1ccc(OC)cc1OC)S(C)(=O)=O. The first kappa shape index (κ1) is 29.5. The van der Waals surface area contributed by atoms with Gasteiger partial charge in [-0.2, -0.15) is 0 Å². The number of anilines is 1. The van der Waals surface area contributed by atoms with Crippen LogP contribution in [-0.2, 0) is 26.2 Å². The van der Waals surface area contributed by atoms with E-state index in [-0.39, 0.29) is 23.9 Å². The van der Waals surface area contributed by atoms with Crippen molar-refractivity contribution in [2.75, 3.05) is 37.9 Å². The van der Waals surface area contributed by atoms with E-state index in [0.29, 0.717) is 34.3 Å². The standard InChI is InChI=1S/C24H31Cl2N3O6S/c1-6-11-27-24(31)16(2)28(14-17-7-8-18(25)12-20(17)26)23(30)15-29(36(5,32)33)21-10-9-19(34-3)13-22(21)35-4/h7-10,12-13,16H,6,11,14-15H2,1-5H3,(H,27,31). The van der Waals surface area contributed by atoms with Crippen LogP contribution in [0.3, 0.4) is 0 Å². The summed E-state index contributed by atoms with van der Waals surface area (Å²) in [6.45, 7) is 3.31. The summed E-state index contributed by atoms with van der Waals surface area (Å²) in [5.41, 5.74) is 0.708. The zero-order valence-corrected chi connectivity index (χ0v) is 23.2. The fourth-order valence-electron chi connectivity index (χ4n) is 3.40. The smallest absolute Gasteiger partial charge is 0.244 e. The average molecular weight is 561 g/mol. The second-order valence-corrected chi connectivity index (χ2v) is 10.8. The van der Waals surface area contributed by atoms with E-state index in [9.17, 15) is 18.0 Å². The van der Waals surface area contributed by atoms with E-state index >= 15 is 0 Å². The molecule has 0 fully saturated rings. The highest BCUT2D eigenvalue weighted by molar-refractivity contribution is 7.92. The van der Waals surface area contributed by atoms with Gasteiger partial charge in [0.25, 0.3) is 0 Å². The molecule has 0 saturated carbocycles. The minimum Gasteiger partial charge on any atom is -0.497 e. The van der Waals surface area contributed by atoms with Crippen molar-refractivity contribution in [3.05, 3.63) is 52.0 Å². The van der Waals surface area contributed by atoms with Gasteiger partial charge in [-0.05, 0) is 43.2 Å². The Balaban J connectivity index is 2.48. The number of carbonyl (C=O) groups is 2. The van der Waals surface area contributed by atoms with Gasteiger partial charge in [0.1, 0.15) is 24.1 Å². The topological polar surface area (TPSA) is 105 Å². The Hall–Kier alpha value is -2.69. The lowest BCUT2D eigenvalue weighted by Gasteiger charge is -2.32. The minimum atomic E-state index is -3.92. The molecule has 2 amide bonds. The highest BCUT2D eigenvalue weighted by atomic mass is 35.5. The van der Waals surface area contributed by atoms with Crippen LogP contribution < -0.4 is 19.1 Å². The van der Waals surface area contributed by atoms with Gasteiger partial charge in [0, 0.05) is 29.2 Å². The van der Waals surface area contributed by atoms with E-state index in [1.54, 1.807) is 25.1 Å². The van der Waals surface area contributed by atoms with E-state index in [1.165, 1.54) is 37.3 Å². The summed E-state index contributed by atoms with van der Waals surface area (Å²) in [5.74, 6) is -0.323. The zero-order chi connectivity index (χ0) is 27.0. The van der Waals surface area contributed by atoms with Crippen molar-refractivity contribution in [1.29, 1.82) is 0 Å². The lowest BCUT2D eigenvalue weighted by molar-refractivity contribution is -0.139. The Morgan fingerprint density at radius 1 is 1.08 bits per heavy atom. The van der Waals surface area contributed by atoms with Crippen molar-refractivity contribution in [2.24, 2.45) is 0 Å².